The lowest BCUT2D eigenvalue weighted by Crippen LogP contribution is -2.29. The first-order valence-electron chi connectivity index (χ1n) is 5.13. The highest BCUT2D eigenvalue weighted by Crippen LogP contribution is 2.41. The van der Waals surface area contributed by atoms with Gasteiger partial charge in [0, 0.05) is 5.92 Å². The normalized spacial score (nSPS) is 28.2. The largest absolute Gasteiger partial charge is 0.458 e. The summed E-state index contributed by atoms with van der Waals surface area (Å²) in [5, 5.41) is 0.453. The molecule has 2 unspecified atom stereocenters. The van der Waals surface area contributed by atoms with Crippen molar-refractivity contribution in [2.75, 3.05) is 0 Å². The van der Waals surface area contributed by atoms with Crippen LogP contribution in [0.3, 0.4) is 0 Å². The van der Waals surface area contributed by atoms with E-state index < -0.39 is 0 Å². The van der Waals surface area contributed by atoms with E-state index in [1.807, 2.05) is 0 Å². The molecule has 2 atom stereocenters. The van der Waals surface area contributed by atoms with Crippen LogP contribution < -0.4 is 0 Å². The molecule has 1 aromatic rings. The lowest BCUT2D eigenvalue weighted by atomic mass is 9.94. The van der Waals surface area contributed by atoms with Crippen LogP contribution in [0.5, 0.6) is 0 Å². The summed E-state index contributed by atoms with van der Waals surface area (Å²) in [6.07, 6.45) is 3.11. The summed E-state index contributed by atoms with van der Waals surface area (Å²) < 4.78 is 5.35. The van der Waals surface area contributed by atoms with Crippen molar-refractivity contribution in [2.45, 2.75) is 31.3 Å². The van der Waals surface area contributed by atoms with Gasteiger partial charge in [-0.3, -0.25) is 0 Å². The average Bonchev–Trinajstić information content (AvgIpc) is 2.65. The molecule has 3 rings (SSSR count). The first-order chi connectivity index (χ1) is 7.25. The highest BCUT2D eigenvalue weighted by Gasteiger charge is 2.39. The van der Waals surface area contributed by atoms with Crippen LogP contribution in [0.2, 0.25) is 5.15 Å². The first-order valence-corrected chi connectivity index (χ1v) is 5.51. The molecule has 0 amide bonds. The standard InChI is InChI=1S/C11H10ClNO2/c12-9-5-4-7-10(13-9)6-2-1-3-8(6)15-11(7)14/h4-6,8H,1-3H2. The number of carbonyl (C=O) groups excluding carboxylic acids is 1. The van der Waals surface area contributed by atoms with Gasteiger partial charge in [0.2, 0.25) is 0 Å². The highest BCUT2D eigenvalue weighted by molar-refractivity contribution is 6.29. The predicted octanol–water partition coefficient (Wildman–Crippen LogP) is 2.54. The fraction of sp³-hybridized carbons (Fsp3) is 0.455. The first kappa shape index (κ1) is 9.16. The molecule has 2 heterocycles. The van der Waals surface area contributed by atoms with E-state index in [1.165, 1.54) is 0 Å². The molecule has 4 heteroatoms. The van der Waals surface area contributed by atoms with Crippen molar-refractivity contribution in [3.05, 3.63) is 28.5 Å². The number of nitrogens with zero attached hydrogens (tertiary/aromatic N) is 1. The van der Waals surface area contributed by atoms with Crippen molar-refractivity contribution in [3.8, 4) is 0 Å². The molecule has 78 valence electrons. The Bertz CT molecular complexity index is 433. The predicted molar refractivity (Wildman–Crippen MR) is 55.0 cm³/mol. The summed E-state index contributed by atoms with van der Waals surface area (Å²) >= 11 is 5.85. The fourth-order valence-corrected chi connectivity index (χ4v) is 2.64. The van der Waals surface area contributed by atoms with Gasteiger partial charge in [-0.25, -0.2) is 9.78 Å². The number of pyridine rings is 1. The molecule has 0 spiro atoms. The molecule has 1 aliphatic heterocycles. The Balaban J connectivity index is 2.15. The van der Waals surface area contributed by atoms with Crippen molar-refractivity contribution in [1.29, 1.82) is 0 Å². The molecule has 1 saturated carbocycles. The van der Waals surface area contributed by atoms with Gasteiger partial charge in [-0.1, -0.05) is 11.6 Å². The molecule has 0 N–H and O–H groups in total. The summed E-state index contributed by atoms with van der Waals surface area (Å²) in [6, 6.07) is 3.35. The van der Waals surface area contributed by atoms with E-state index in [4.69, 9.17) is 16.3 Å². The van der Waals surface area contributed by atoms with Gasteiger partial charge >= 0.3 is 5.97 Å². The Morgan fingerprint density at radius 2 is 2.27 bits per heavy atom. The third-order valence-electron chi connectivity index (χ3n) is 3.17. The van der Waals surface area contributed by atoms with Gasteiger partial charge in [-0.05, 0) is 31.4 Å². The molecular weight excluding hydrogens is 214 g/mol. The number of fused-ring (bicyclic) bond motifs is 3. The SMILES string of the molecule is O=C1OC2CCCC2c2nc(Cl)ccc21. The van der Waals surface area contributed by atoms with Crippen LogP contribution in [0.15, 0.2) is 12.1 Å². The molecular formula is C11H10ClNO2. The monoisotopic (exact) mass is 223 g/mol. The molecule has 1 aliphatic carbocycles. The zero-order valence-corrected chi connectivity index (χ0v) is 8.83. The molecule has 0 saturated heterocycles. The lowest BCUT2D eigenvalue weighted by molar-refractivity contribution is 0.0222. The van der Waals surface area contributed by atoms with Crippen molar-refractivity contribution in [1.82, 2.24) is 4.98 Å². The third-order valence-corrected chi connectivity index (χ3v) is 3.38. The Hall–Kier alpha value is -1.09. The maximum absolute atomic E-state index is 11.6. The minimum Gasteiger partial charge on any atom is -0.458 e. The molecule has 0 bridgehead atoms. The molecule has 1 aromatic heterocycles. The van der Waals surface area contributed by atoms with Crippen LogP contribution in [0.25, 0.3) is 0 Å². The molecule has 15 heavy (non-hydrogen) atoms. The number of halogens is 1. The van der Waals surface area contributed by atoms with Crippen molar-refractivity contribution in [2.24, 2.45) is 0 Å². The van der Waals surface area contributed by atoms with E-state index in [0.29, 0.717) is 10.7 Å². The second-order valence-corrected chi connectivity index (χ2v) is 4.44. The Kier molecular flexibility index (Phi) is 1.96. The molecule has 3 nitrogen and oxygen atoms in total. The van der Waals surface area contributed by atoms with Gasteiger partial charge in [-0.15, -0.1) is 0 Å². The topological polar surface area (TPSA) is 39.2 Å². The van der Waals surface area contributed by atoms with Crippen LogP contribution >= 0.6 is 11.6 Å². The summed E-state index contributed by atoms with van der Waals surface area (Å²) in [6.45, 7) is 0. The van der Waals surface area contributed by atoms with E-state index >= 15 is 0 Å². The number of hydrogen-bond acceptors (Lipinski definition) is 3. The molecule has 0 aromatic carbocycles. The molecule has 0 radical (unpaired) electrons. The van der Waals surface area contributed by atoms with Gasteiger partial charge in [-0.2, -0.15) is 0 Å². The van der Waals surface area contributed by atoms with E-state index in [2.05, 4.69) is 4.98 Å². The second-order valence-electron chi connectivity index (χ2n) is 4.05. The number of ether oxygens (including phenoxy) is 1. The van der Waals surface area contributed by atoms with Crippen LogP contribution in [0, 0.1) is 0 Å². The molecule has 1 fully saturated rings. The van der Waals surface area contributed by atoms with E-state index in [9.17, 15) is 4.79 Å². The minimum atomic E-state index is -0.252. The maximum atomic E-state index is 11.6. The smallest absolute Gasteiger partial charge is 0.340 e. The van der Waals surface area contributed by atoms with Crippen LogP contribution in [0.1, 0.15) is 41.2 Å². The van der Waals surface area contributed by atoms with Crippen LogP contribution in [0.4, 0.5) is 0 Å². The van der Waals surface area contributed by atoms with Crippen molar-refractivity contribution >= 4 is 17.6 Å². The average molecular weight is 224 g/mol. The number of esters is 1. The zero-order chi connectivity index (χ0) is 10.4. The van der Waals surface area contributed by atoms with E-state index in [-0.39, 0.29) is 18.0 Å². The Morgan fingerprint density at radius 3 is 3.13 bits per heavy atom. The lowest BCUT2D eigenvalue weighted by Gasteiger charge is -2.26. The third kappa shape index (κ3) is 1.34. The van der Waals surface area contributed by atoms with Gasteiger partial charge in [0.05, 0.1) is 11.3 Å². The quantitative estimate of drug-likeness (QED) is 0.501. The van der Waals surface area contributed by atoms with Crippen molar-refractivity contribution in [3.63, 3.8) is 0 Å². The number of carbonyl (C=O) groups is 1. The summed E-state index contributed by atoms with van der Waals surface area (Å²) in [7, 11) is 0. The van der Waals surface area contributed by atoms with Gasteiger partial charge < -0.3 is 4.74 Å². The number of aromatic nitrogens is 1. The molecule has 2 aliphatic rings. The summed E-state index contributed by atoms with van der Waals surface area (Å²) in [4.78, 5) is 15.9. The number of hydrogen-bond donors (Lipinski definition) is 0. The number of rotatable bonds is 0. The minimum absolute atomic E-state index is 0.0240. The van der Waals surface area contributed by atoms with Crippen LogP contribution in [-0.4, -0.2) is 17.1 Å². The zero-order valence-electron chi connectivity index (χ0n) is 8.07. The summed E-state index contributed by atoms with van der Waals surface area (Å²) in [5.74, 6) is 0.00807. The highest BCUT2D eigenvalue weighted by atomic mass is 35.5. The van der Waals surface area contributed by atoms with Crippen molar-refractivity contribution < 1.29 is 9.53 Å². The fourth-order valence-electron chi connectivity index (χ4n) is 2.49. The Labute approximate surface area is 92.4 Å². The summed E-state index contributed by atoms with van der Waals surface area (Å²) in [5.41, 5.74) is 1.42. The maximum Gasteiger partial charge on any atom is 0.340 e. The van der Waals surface area contributed by atoms with E-state index in [0.717, 1.165) is 25.0 Å². The Morgan fingerprint density at radius 1 is 1.40 bits per heavy atom. The van der Waals surface area contributed by atoms with Gasteiger partial charge in [0.1, 0.15) is 11.3 Å². The van der Waals surface area contributed by atoms with Gasteiger partial charge in [0.15, 0.2) is 0 Å². The van der Waals surface area contributed by atoms with Crippen LogP contribution in [-0.2, 0) is 4.74 Å². The second kappa shape index (κ2) is 3.20. The van der Waals surface area contributed by atoms with E-state index in [1.54, 1.807) is 12.1 Å². The van der Waals surface area contributed by atoms with Gasteiger partial charge in [0.25, 0.3) is 0 Å².